The number of carboxylic acid groups (broad SMARTS) is 1. The first-order chi connectivity index (χ1) is 10.1. The summed E-state index contributed by atoms with van der Waals surface area (Å²) in [6.45, 7) is 0.269. The molecular weight excluding hydrogens is 274 g/mol. The molecule has 6 heteroatoms. The first-order valence-corrected chi connectivity index (χ1v) is 6.16. The topological polar surface area (TPSA) is 77.9 Å². The average molecular weight is 289 g/mol. The number of carbonyl (C=O) groups is 1. The van der Waals surface area contributed by atoms with Gasteiger partial charge in [-0.3, -0.25) is 4.98 Å². The molecule has 0 unspecified atom stereocenters. The van der Waals surface area contributed by atoms with Gasteiger partial charge in [-0.1, -0.05) is 6.07 Å². The van der Waals surface area contributed by atoms with Crippen molar-refractivity contribution in [1.82, 2.24) is 4.98 Å². The zero-order chi connectivity index (χ0) is 15.2. The Labute approximate surface area is 121 Å². The van der Waals surface area contributed by atoms with Crippen LogP contribution in [0.25, 0.3) is 0 Å². The van der Waals surface area contributed by atoms with Gasteiger partial charge < -0.3 is 19.3 Å². The molecule has 0 aliphatic rings. The summed E-state index contributed by atoms with van der Waals surface area (Å²) in [7, 11) is 3.12. The Bertz CT molecular complexity index is 642. The second-order valence-corrected chi connectivity index (χ2v) is 4.19. The molecule has 2 rings (SSSR count). The Morgan fingerprint density at radius 3 is 2.57 bits per heavy atom. The molecule has 0 amide bonds. The summed E-state index contributed by atoms with van der Waals surface area (Å²) in [5, 5.41) is 8.89. The third kappa shape index (κ3) is 3.62. The summed E-state index contributed by atoms with van der Waals surface area (Å²) in [5.41, 5.74) is 0.952. The maximum Gasteiger partial charge on any atom is 0.337 e. The molecule has 1 aromatic heterocycles. The van der Waals surface area contributed by atoms with Gasteiger partial charge in [0.2, 0.25) is 0 Å². The summed E-state index contributed by atoms with van der Waals surface area (Å²) in [6.07, 6.45) is 2.73. The minimum Gasteiger partial charge on any atom is -0.493 e. The molecule has 1 aromatic carbocycles. The fraction of sp³-hybridized carbons (Fsp3) is 0.200. The third-order valence-electron chi connectivity index (χ3n) is 2.81. The van der Waals surface area contributed by atoms with Crippen LogP contribution in [0.4, 0.5) is 0 Å². The molecule has 0 radical (unpaired) electrons. The van der Waals surface area contributed by atoms with Crippen molar-refractivity contribution in [2.24, 2.45) is 0 Å². The molecule has 0 atom stereocenters. The van der Waals surface area contributed by atoms with Crippen LogP contribution in [0.2, 0.25) is 0 Å². The Kier molecular flexibility index (Phi) is 4.61. The van der Waals surface area contributed by atoms with Crippen LogP contribution < -0.4 is 14.2 Å². The largest absolute Gasteiger partial charge is 0.493 e. The molecule has 1 heterocycles. The number of aromatic nitrogens is 1. The van der Waals surface area contributed by atoms with Crippen molar-refractivity contribution in [2.45, 2.75) is 6.61 Å². The van der Waals surface area contributed by atoms with E-state index in [9.17, 15) is 4.79 Å². The lowest BCUT2D eigenvalue weighted by molar-refractivity contribution is 0.0696. The van der Waals surface area contributed by atoms with Crippen LogP contribution in [0, 0.1) is 0 Å². The quantitative estimate of drug-likeness (QED) is 0.879. The first-order valence-electron chi connectivity index (χ1n) is 6.16. The molecule has 0 bridgehead atoms. The fourth-order valence-electron chi connectivity index (χ4n) is 1.75. The van der Waals surface area contributed by atoms with E-state index in [1.165, 1.54) is 18.5 Å². The molecule has 6 nitrogen and oxygen atoms in total. The molecule has 0 saturated heterocycles. The van der Waals surface area contributed by atoms with Crippen molar-refractivity contribution < 1.29 is 24.1 Å². The summed E-state index contributed by atoms with van der Waals surface area (Å²) in [4.78, 5) is 14.7. The Morgan fingerprint density at radius 1 is 1.14 bits per heavy atom. The molecule has 0 aliphatic heterocycles. The van der Waals surface area contributed by atoms with Gasteiger partial charge in [0.25, 0.3) is 0 Å². The number of rotatable bonds is 6. The number of carboxylic acids is 1. The molecule has 1 N–H and O–H groups in total. The monoisotopic (exact) mass is 289 g/mol. The van der Waals surface area contributed by atoms with Crippen molar-refractivity contribution in [3.05, 3.63) is 47.8 Å². The highest BCUT2D eigenvalue weighted by Crippen LogP contribution is 2.28. The highest BCUT2D eigenvalue weighted by atomic mass is 16.5. The zero-order valence-corrected chi connectivity index (χ0v) is 11.7. The third-order valence-corrected chi connectivity index (χ3v) is 2.81. The van der Waals surface area contributed by atoms with Gasteiger partial charge in [-0.25, -0.2) is 4.79 Å². The van der Waals surface area contributed by atoms with Crippen molar-refractivity contribution in [3.8, 4) is 17.2 Å². The van der Waals surface area contributed by atoms with Crippen molar-refractivity contribution in [1.29, 1.82) is 0 Å². The minimum atomic E-state index is -1.04. The van der Waals surface area contributed by atoms with E-state index in [1.807, 2.05) is 6.07 Å². The second kappa shape index (κ2) is 6.60. The summed E-state index contributed by atoms with van der Waals surface area (Å²) < 4.78 is 15.9. The van der Waals surface area contributed by atoms with Gasteiger partial charge in [0.1, 0.15) is 12.4 Å². The Hall–Kier alpha value is -2.76. The minimum absolute atomic E-state index is 0.0832. The summed E-state index contributed by atoms with van der Waals surface area (Å²) >= 11 is 0. The predicted octanol–water partition coefficient (Wildman–Crippen LogP) is 2.38. The smallest absolute Gasteiger partial charge is 0.337 e. The van der Waals surface area contributed by atoms with Crippen molar-refractivity contribution in [2.75, 3.05) is 14.2 Å². The number of benzene rings is 1. The number of methoxy groups -OCH3 is 2. The number of aromatic carboxylic acids is 1. The normalized spacial score (nSPS) is 10.0. The van der Waals surface area contributed by atoms with E-state index in [0.29, 0.717) is 17.2 Å². The molecule has 2 aromatic rings. The van der Waals surface area contributed by atoms with Gasteiger partial charge in [-0.15, -0.1) is 0 Å². The van der Waals surface area contributed by atoms with Crippen molar-refractivity contribution >= 4 is 5.97 Å². The lowest BCUT2D eigenvalue weighted by Gasteiger charge is -2.10. The van der Waals surface area contributed by atoms with E-state index in [0.717, 1.165) is 5.56 Å². The average Bonchev–Trinajstić information content (AvgIpc) is 2.52. The lowest BCUT2D eigenvalue weighted by Crippen LogP contribution is -2.01. The number of hydrogen-bond donors (Lipinski definition) is 1. The summed E-state index contributed by atoms with van der Waals surface area (Å²) in [6, 6.07) is 6.85. The van der Waals surface area contributed by atoms with Gasteiger partial charge in [-0.2, -0.15) is 0 Å². The first kappa shape index (κ1) is 14.6. The van der Waals surface area contributed by atoms with Crippen LogP contribution in [-0.4, -0.2) is 30.3 Å². The Balaban J connectivity index is 2.09. The number of ether oxygens (including phenoxy) is 3. The van der Waals surface area contributed by atoms with E-state index >= 15 is 0 Å². The molecule has 21 heavy (non-hydrogen) atoms. The predicted molar refractivity (Wildman–Crippen MR) is 75.1 cm³/mol. The highest BCUT2D eigenvalue weighted by Gasteiger charge is 2.07. The van der Waals surface area contributed by atoms with Crippen LogP contribution in [0.1, 0.15) is 15.9 Å². The van der Waals surface area contributed by atoms with Crippen LogP contribution in [0.15, 0.2) is 36.7 Å². The molecule has 110 valence electrons. The van der Waals surface area contributed by atoms with Gasteiger partial charge in [0.15, 0.2) is 11.5 Å². The van der Waals surface area contributed by atoms with Crippen LogP contribution >= 0.6 is 0 Å². The van der Waals surface area contributed by atoms with Gasteiger partial charge in [0.05, 0.1) is 26.0 Å². The fourth-order valence-corrected chi connectivity index (χ4v) is 1.75. The number of nitrogens with zero attached hydrogens (tertiary/aromatic N) is 1. The van der Waals surface area contributed by atoms with E-state index in [4.69, 9.17) is 19.3 Å². The van der Waals surface area contributed by atoms with Gasteiger partial charge >= 0.3 is 5.97 Å². The van der Waals surface area contributed by atoms with Crippen LogP contribution in [0.5, 0.6) is 17.2 Å². The molecule has 0 spiro atoms. The molecule has 0 saturated carbocycles. The second-order valence-electron chi connectivity index (χ2n) is 4.19. The molecule has 0 fully saturated rings. The van der Waals surface area contributed by atoms with E-state index in [2.05, 4.69) is 4.98 Å². The van der Waals surface area contributed by atoms with E-state index < -0.39 is 5.97 Å². The molecular formula is C15H15NO5. The number of hydrogen-bond acceptors (Lipinski definition) is 5. The van der Waals surface area contributed by atoms with Gasteiger partial charge in [-0.05, 0) is 23.8 Å². The lowest BCUT2D eigenvalue weighted by atomic mass is 10.2. The number of pyridine rings is 1. The van der Waals surface area contributed by atoms with Crippen LogP contribution in [0.3, 0.4) is 0 Å². The van der Waals surface area contributed by atoms with Crippen molar-refractivity contribution in [3.63, 3.8) is 0 Å². The van der Waals surface area contributed by atoms with Crippen LogP contribution in [-0.2, 0) is 6.61 Å². The standard InChI is InChI=1S/C15H15NO5/c1-19-13-4-3-10(5-14(13)20-2)9-21-12-6-11(15(17)18)7-16-8-12/h3-8H,9H2,1-2H3,(H,17,18). The maximum atomic E-state index is 10.9. The summed E-state index contributed by atoms with van der Waals surface area (Å²) in [5.74, 6) is 0.593. The van der Waals surface area contributed by atoms with E-state index in [1.54, 1.807) is 26.4 Å². The SMILES string of the molecule is COc1ccc(COc2cncc(C(=O)O)c2)cc1OC. The van der Waals surface area contributed by atoms with Gasteiger partial charge in [0, 0.05) is 6.20 Å². The maximum absolute atomic E-state index is 10.9. The van der Waals surface area contributed by atoms with E-state index in [-0.39, 0.29) is 12.2 Å². The Morgan fingerprint density at radius 2 is 1.90 bits per heavy atom. The highest BCUT2D eigenvalue weighted by molar-refractivity contribution is 5.87. The molecule has 0 aliphatic carbocycles. The zero-order valence-electron chi connectivity index (χ0n) is 11.7.